The molecule has 3 rings (SSSR count). The van der Waals surface area contributed by atoms with Crippen LogP contribution in [0.1, 0.15) is 38.7 Å². The molecule has 0 aliphatic carbocycles. The van der Waals surface area contributed by atoms with Crippen molar-refractivity contribution in [3.05, 3.63) is 95.6 Å². The number of rotatable bonds is 10. The number of methoxy groups -OCH3 is 2. The summed E-state index contributed by atoms with van der Waals surface area (Å²) in [5.41, 5.74) is 1.48. The molecular formula is C26H25NO6. The Kier molecular flexibility index (Phi) is 8.18. The van der Waals surface area contributed by atoms with Gasteiger partial charge < -0.3 is 19.5 Å². The zero-order valence-corrected chi connectivity index (χ0v) is 18.4. The average molecular weight is 447 g/mol. The molecule has 0 aliphatic heterocycles. The lowest BCUT2D eigenvalue weighted by atomic mass is 10.0. The van der Waals surface area contributed by atoms with Crippen molar-refractivity contribution in [3.63, 3.8) is 0 Å². The molecule has 7 heteroatoms. The van der Waals surface area contributed by atoms with Gasteiger partial charge in [-0.15, -0.1) is 0 Å². The number of amides is 1. The molecule has 0 heterocycles. The van der Waals surface area contributed by atoms with Gasteiger partial charge in [-0.25, -0.2) is 0 Å². The minimum Gasteiger partial charge on any atom is -0.497 e. The lowest BCUT2D eigenvalue weighted by Gasteiger charge is -2.19. The van der Waals surface area contributed by atoms with Crippen molar-refractivity contribution in [3.8, 4) is 11.5 Å². The molecule has 7 nitrogen and oxygen atoms in total. The van der Waals surface area contributed by atoms with Gasteiger partial charge in [0, 0.05) is 5.56 Å². The molecule has 0 aromatic heterocycles. The van der Waals surface area contributed by atoms with Gasteiger partial charge in [-0.1, -0.05) is 48.5 Å². The van der Waals surface area contributed by atoms with Crippen LogP contribution in [0.5, 0.6) is 11.5 Å². The molecule has 0 radical (unpaired) electrons. The highest BCUT2D eigenvalue weighted by Gasteiger charge is 2.22. The molecule has 33 heavy (non-hydrogen) atoms. The Bertz CT molecular complexity index is 1100. The van der Waals surface area contributed by atoms with Gasteiger partial charge in [0.25, 0.3) is 5.91 Å². The van der Waals surface area contributed by atoms with E-state index in [1.54, 1.807) is 36.4 Å². The van der Waals surface area contributed by atoms with Gasteiger partial charge in [0.2, 0.25) is 5.78 Å². The molecule has 0 aliphatic rings. The lowest BCUT2D eigenvalue weighted by molar-refractivity contribution is -0.143. The van der Waals surface area contributed by atoms with Crippen LogP contribution in [-0.4, -0.2) is 38.5 Å². The summed E-state index contributed by atoms with van der Waals surface area (Å²) in [5.74, 6) is -0.516. The Labute approximate surface area is 192 Å². The van der Waals surface area contributed by atoms with Gasteiger partial charge in [0.15, 0.2) is 6.61 Å². The number of benzene rings is 3. The van der Waals surface area contributed by atoms with E-state index < -0.39 is 24.4 Å². The number of hydrogen-bond acceptors (Lipinski definition) is 6. The van der Waals surface area contributed by atoms with Crippen LogP contribution in [0.4, 0.5) is 0 Å². The predicted molar refractivity (Wildman–Crippen MR) is 123 cm³/mol. The number of ketones is 1. The molecule has 1 unspecified atom stereocenters. The van der Waals surface area contributed by atoms with Gasteiger partial charge in [-0.3, -0.25) is 14.4 Å². The Morgan fingerprint density at radius 2 is 1.52 bits per heavy atom. The molecule has 1 amide bonds. The zero-order valence-electron chi connectivity index (χ0n) is 18.4. The first-order valence-electron chi connectivity index (χ1n) is 10.3. The van der Waals surface area contributed by atoms with Crippen LogP contribution < -0.4 is 14.8 Å². The minimum atomic E-state index is -0.618. The standard InChI is InChI=1S/C26H25NO6/c1-31-20-13-14-24(32-2)21(15-20)23(28)17-33-25(29)16-22(18-9-5-3-6-10-18)27-26(30)19-11-7-4-8-12-19/h3-15,22H,16-17H2,1-2H3,(H,27,30). The molecule has 0 bridgehead atoms. The Morgan fingerprint density at radius 3 is 2.15 bits per heavy atom. The number of carbonyl (C=O) groups excluding carboxylic acids is 3. The third-order valence-electron chi connectivity index (χ3n) is 4.99. The van der Waals surface area contributed by atoms with Crippen LogP contribution in [0.3, 0.4) is 0 Å². The fourth-order valence-corrected chi connectivity index (χ4v) is 3.25. The number of Topliss-reactive ketones (excluding diaryl/α,β-unsaturated/α-hetero) is 1. The van der Waals surface area contributed by atoms with Crippen LogP contribution in [0.25, 0.3) is 0 Å². The van der Waals surface area contributed by atoms with Crippen molar-refractivity contribution in [2.45, 2.75) is 12.5 Å². The van der Waals surface area contributed by atoms with E-state index in [1.807, 2.05) is 36.4 Å². The van der Waals surface area contributed by atoms with E-state index in [9.17, 15) is 14.4 Å². The summed E-state index contributed by atoms with van der Waals surface area (Å²) in [5, 5.41) is 2.87. The first-order chi connectivity index (χ1) is 16.0. The first-order valence-corrected chi connectivity index (χ1v) is 10.3. The summed E-state index contributed by atoms with van der Waals surface area (Å²) in [4.78, 5) is 37.9. The number of carbonyl (C=O) groups is 3. The summed E-state index contributed by atoms with van der Waals surface area (Å²) in [6.07, 6.45) is -0.134. The van der Waals surface area contributed by atoms with Gasteiger partial charge in [0.1, 0.15) is 11.5 Å². The molecule has 3 aromatic rings. The molecule has 0 saturated carbocycles. The highest BCUT2D eigenvalue weighted by atomic mass is 16.5. The number of ether oxygens (including phenoxy) is 3. The van der Waals surface area contributed by atoms with Gasteiger partial charge in [0.05, 0.1) is 32.2 Å². The SMILES string of the molecule is COc1ccc(OC)c(C(=O)COC(=O)CC(NC(=O)c2ccccc2)c2ccccc2)c1. The van der Waals surface area contributed by atoms with Crippen molar-refractivity contribution in [1.82, 2.24) is 5.32 Å². The quantitative estimate of drug-likeness (QED) is 0.373. The van der Waals surface area contributed by atoms with E-state index in [1.165, 1.54) is 20.3 Å². The van der Waals surface area contributed by atoms with Crippen LogP contribution >= 0.6 is 0 Å². The van der Waals surface area contributed by atoms with Gasteiger partial charge in [-0.05, 0) is 35.9 Å². The zero-order chi connectivity index (χ0) is 23.6. The summed E-state index contributed by atoms with van der Waals surface area (Å²) in [6, 6.07) is 22.0. The molecule has 1 N–H and O–H groups in total. The first kappa shape index (κ1) is 23.5. The Hall–Kier alpha value is -4.13. The highest BCUT2D eigenvalue weighted by Crippen LogP contribution is 2.25. The molecule has 0 spiro atoms. The molecule has 0 fully saturated rings. The minimum absolute atomic E-state index is 0.134. The number of esters is 1. The summed E-state index contributed by atoms with van der Waals surface area (Å²) in [7, 11) is 2.94. The Morgan fingerprint density at radius 1 is 0.848 bits per heavy atom. The summed E-state index contributed by atoms with van der Waals surface area (Å²) in [6.45, 7) is -0.462. The second-order valence-electron chi connectivity index (χ2n) is 7.16. The van der Waals surface area contributed by atoms with E-state index in [2.05, 4.69) is 5.32 Å². The van der Waals surface area contributed by atoms with Crippen LogP contribution in [0.2, 0.25) is 0 Å². The van der Waals surface area contributed by atoms with E-state index in [0.29, 0.717) is 17.1 Å². The summed E-state index contributed by atoms with van der Waals surface area (Å²) >= 11 is 0. The van der Waals surface area contributed by atoms with Crippen LogP contribution in [0, 0.1) is 0 Å². The third-order valence-corrected chi connectivity index (χ3v) is 4.99. The smallest absolute Gasteiger partial charge is 0.308 e. The van der Waals surface area contributed by atoms with Gasteiger partial charge >= 0.3 is 5.97 Å². The lowest BCUT2D eigenvalue weighted by Crippen LogP contribution is -2.31. The van der Waals surface area contributed by atoms with Crippen molar-refractivity contribution < 1.29 is 28.6 Å². The Balaban J connectivity index is 1.67. The second kappa shape index (κ2) is 11.5. The fourth-order valence-electron chi connectivity index (χ4n) is 3.25. The van der Waals surface area contributed by atoms with E-state index in [-0.39, 0.29) is 17.9 Å². The van der Waals surface area contributed by atoms with Crippen molar-refractivity contribution in [2.24, 2.45) is 0 Å². The van der Waals surface area contributed by atoms with Crippen molar-refractivity contribution >= 4 is 17.7 Å². The topological polar surface area (TPSA) is 90.9 Å². The van der Waals surface area contributed by atoms with E-state index >= 15 is 0 Å². The normalized spacial score (nSPS) is 11.2. The maximum atomic E-state index is 12.6. The maximum absolute atomic E-state index is 12.6. The van der Waals surface area contributed by atoms with E-state index in [4.69, 9.17) is 14.2 Å². The number of nitrogens with one attached hydrogen (secondary N) is 1. The maximum Gasteiger partial charge on any atom is 0.308 e. The van der Waals surface area contributed by atoms with Crippen LogP contribution in [-0.2, 0) is 9.53 Å². The fraction of sp³-hybridized carbons (Fsp3) is 0.192. The van der Waals surface area contributed by atoms with Gasteiger partial charge in [-0.2, -0.15) is 0 Å². The number of hydrogen-bond donors (Lipinski definition) is 1. The van der Waals surface area contributed by atoms with Crippen molar-refractivity contribution in [1.29, 1.82) is 0 Å². The van der Waals surface area contributed by atoms with Crippen molar-refractivity contribution in [2.75, 3.05) is 20.8 Å². The highest BCUT2D eigenvalue weighted by molar-refractivity contribution is 6.00. The second-order valence-corrected chi connectivity index (χ2v) is 7.16. The molecule has 1 atom stereocenters. The largest absolute Gasteiger partial charge is 0.497 e. The third kappa shape index (κ3) is 6.43. The van der Waals surface area contributed by atoms with E-state index in [0.717, 1.165) is 5.56 Å². The molecule has 170 valence electrons. The molecule has 0 saturated heterocycles. The average Bonchev–Trinajstić information content (AvgIpc) is 2.87. The summed E-state index contributed by atoms with van der Waals surface area (Å²) < 4.78 is 15.6. The monoisotopic (exact) mass is 447 g/mol. The van der Waals surface area contributed by atoms with Crippen LogP contribution in [0.15, 0.2) is 78.9 Å². The molecular weight excluding hydrogens is 422 g/mol. The molecule has 3 aromatic carbocycles. The predicted octanol–water partition coefficient (Wildman–Crippen LogP) is 3.99.